The van der Waals surface area contributed by atoms with Crippen LogP contribution in [0, 0.1) is 0 Å². The minimum Gasteiger partial charge on any atom is -0.307 e. The molecule has 0 atom stereocenters. The van der Waals surface area contributed by atoms with Crippen LogP contribution < -0.4 is 5.32 Å². The number of hydrogen-bond donors (Lipinski definition) is 1. The maximum absolute atomic E-state index is 4.73. The van der Waals surface area contributed by atoms with Crippen LogP contribution in [0.2, 0.25) is 0 Å². The van der Waals surface area contributed by atoms with Crippen LogP contribution in [0.3, 0.4) is 0 Å². The van der Waals surface area contributed by atoms with E-state index in [1.165, 1.54) is 10.6 Å². The van der Waals surface area contributed by atoms with E-state index in [4.69, 9.17) is 4.98 Å². The normalized spacial score (nSPS) is 11.8. The van der Waals surface area contributed by atoms with E-state index < -0.39 is 0 Å². The predicted octanol–water partition coefficient (Wildman–Crippen LogP) is 4.42. The van der Waals surface area contributed by atoms with Crippen molar-refractivity contribution in [1.29, 1.82) is 0 Å². The largest absolute Gasteiger partial charge is 0.307 e. The Hall–Kier alpha value is -0.780. The molecule has 0 saturated heterocycles. The second kappa shape index (κ2) is 6.33. The van der Waals surface area contributed by atoms with Crippen molar-refractivity contribution in [3.63, 3.8) is 0 Å². The summed E-state index contributed by atoms with van der Waals surface area (Å²) in [5.74, 6) is 0. The molecule has 0 aromatic carbocycles. The van der Waals surface area contributed by atoms with E-state index in [9.17, 15) is 0 Å². The summed E-state index contributed by atoms with van der Waals surface area (Å²) >= 11 is 5.14. The monoisotopic (exact) mass is 353 g/mol. The molecule has 0 aliphatic heterocycles. The highest BCUT2D eigenvalue weighted by molar-refractivity contribution is 9.10. The van der Waals surface area contributed by atoms with Gasteiger partial charge in [0.1, 0.15) is 5.01 Å². The van der Waals surface area contributed by atoms with E-state index >= 15 is 0 Å². The standard InChI is InChI=1S/C15H20BrN3S/c1-5-11-13(9-18-15(2,3)4)20-14(19-11)12-7-6-10(16)8-17-12/h6-8,18H,5,9H2,1-4H3. The van der Waals surface area contributed by atoms with Gasteiger partial charge in [0.2, 0.25) is 0 Å². The second-order valence-corrected chi connectivity index (χ2v) is 7.71. The number of aryl methyl sites for hydroxylation is 1. The van der Waals surface area contributed by atoms with Gasteiger partial charge in [-0.3, -0.25) is 4.98 Å². The third kappa shape index (κ3) is 4.11. The van der Waals surface area contributed by atoms with Crippen LogP contribution in [0.25, 0.3) is 10.7 Å². The minimum atomic E-state index is 0.116. The summed E-state index contributed by atoms with van der Waals surface area (Å²) < 4.78 is 0.989. The average molecular weight is 354 g/mol. The Morgan fingerprint density at radius 3 is 2.60 bits per heavy atom. The van der Waals surface area contributed by atoms with Crippen molar-refractivity contribution in [3.8, 4) is 10.7 Å². The number of thiazole rings is 1. The van der Waals surface area contributed by atoms with E-state index in [2.05, 4.69) is 53.9 Å². The van der Waals surface area contributed by atoms with Crippen LogP contribution in [0.1, 0.15) is 38.3 Å². The van der Waals surface area contributed by atoms with Crippen molar-refractivity contribution in [1.82, 2.24) is 15.3 Å². The highest BCUT2D eigenvalue weighted by Gasteiger charge is 2.15. The van der Waals surface area contributed by atoms with Gasteiger partial charge in [-0.25, -0.2) is 4.98 Å². The molecule has 0 aliphatic rings. The first-order valence-electron chi connectivity index (χ1n) is 6.74. The molecule has 0 unspecified atom stereocenters. The van der Waals surface area contributed by atoms with Gasteiger partial charge in [0.05, 0.1) is 11.4 Å². The molecule has 0 aliphatic carbocycles. The van der Waals surface area contributed by atoms with Crippen molar-refractivity contribution >= 4 is 27.3 Å². The van der Waals surface area contributed by atoms with Crippen LogP contribution >= 0.6 is 27.3 Å². The number of aromatic nitrogens is 2. The molecule has 1 N–H and O–H groups in total. The van der Waals surface area contributed by atoms with Gasteiger partial charge in [-0.1, -0.05) is 6.92 Å². The molecule has 3 nitrogen and oxygen atoms in total. The summed E-state index contributed by atoms with van der Waals surface area (Å²) in [6, 6.07) is 4.01. The van der Waals surface area contributed by atoms with E-state index in [1.807, 2.05) is 18.3 Å². The molecule has 20 heavy (non-hydrogen) atoms. The number of halogens is 1. The smallest absolute Gasteiger partial charge is 0.142 e. The molecule has 0 spiro atoms. The van der Waals surface area contributed by atoms with Crippen molar-refractivity contribution in [2.75, 3.05) is 0 Å². The molecule has 0 amide bonds. The summed E-state index contributed by atoms with van der Waals surface area (Å²) in [4.78, 5) is 10.5. The van der Waals surface area contributed by atoms with E-state index in [0.29, 0.717) is 0 Å². The maximum Gasteiger partial charge on any atom is 0.142 e. The van der Waals surface area contributed by atoms with Crippen molar-refractivity contribution < 1.29 is 0 Å². The Morgan fingerprint density at radius 2 is 2.05 bits per heavy atom. The summed E-state index contributed by atoms with van der Waals surface area (Å²) in [5.41, 5.74) is 2.23. The Balaban J connectivity index is 2.24. The van der Waals surface area contributed by atoms with Crippen LogP contribution in [0.15, 0.2) is 22.8 Å². The first-order valence-corrected chi connectivity index (χ1v) is 8.35. The van der Waals surface area contributed by atoms with Crippen LogP contribution in [-0.4, -0.2) is 15.5 Å². The summed E-state index contributed by atoms with van der Waals surface area (Å²) in [6.45, 7) is 9.54. The first kappa shape index (κ1) is 15.6. The molecular weight excluding hydrogens is 334 g/mol. The molecule has 108 valence electrons. The topological polar surface area (TPSA) is 37.8 Å². The predicted molar refractivity (Wildman–Crippen MR) is 89.0 cm³/mol. The molecule has 2 aromatic rings. The lowest BCUT2D eigenvalue weighted by molar-refractivity contribution is 0.425. The lowest BCUT2D eigenvalue weighted by Crippen LogP contribution is -2.35. The molecule has 2 aromatic heterocycles. The molecule has 0 saturated carbocycles. The Labute approximate surface area is 133 Å². The van der Waals surface area contributed by atoms with Gasteiger partial charge in [0, 0.05) is 27.6 Å². The third-order valence-electron chi connectivity index (χ3n) is 2.84. The van der Waals surface area contributed by atoms with Crippen molar-refractivity contribution in [2.24, 2.45) is 0 Å². The highest BCUT2D eigenvalue weighted by atomic mass is 79.9. The van der Waals surface area contributed by atoms with Crippen LogP contribution in [0.5, 0.6) is 0 Å². The SMILES string of the molecule is CCc1nc(-c2ccc(Br)cn2)sc1CNC(C)(C)C. The Kier molecular flexibility index (Phi) is 4.94. The number of nitrogens with one attached hydrogen (secondary N) is 1. The van der Waals surface area contributed by atoms with Gasteiger partial charge >= 0.3 is 0 Å². The fourth-order valence-electron chi connectivity index (χ4n) is 1.76. The molecule has 2 rings (SSSR count). The quantitative estimate of drug-likeness (QED) is 0.883. The van der Waals surface area contributed by atoms with E-state index in [0.717, 1.165) is 28.1 Å². The van der Waals surface area contributed by atoms with E-state index in [1.54, 1.807) is 11.3 Å². The van der Waals surface area contributed by atoms with Gasteiger partial charge < -0.3 is 5.32 Å². The summed E-state index contributed by atoms with van der Waals surface area (Å²) in [6.07, 6.45) is 2.77. The van der Waals surface area contributed by atoms with Gasteiger partial charge in [0.25, 0.3) is 0 Å². The zero-order valence-corrected chi connectivity index (χ0v) is 14.7. The summed E-state index contributed by atoms with van der Waals surface area (Å²) in [7, 11) is 0. The number of pyridine rings is 1. The minimum absolute atomic E-state index is 0.116. The number of nitrogens with zero attached hydrogens (tertiary/aromatic N) is 2. The molecule has 5 heteroatoms. The first-order chi connectivity index (χ1) is 9.39. The Bertz CT molecular complexity index is 570. The molecule has 0 fully saturated rings. The number of hydrogen-bond acceptors (Lipinski definition) is 4. The molecule has 2 heterocycles. The van der Waals surface area contributed by atoms with Crippen LogP contribution in [0.4, 0.5) is 0 Å². The molecule has 0 radical (unpaired) electrons. The Morgan fingerprint density at radius 1 is 1.30 bits per heavy atom. The highest BCUT2D eigenvalue weighted by Crippen LogP contribution is 2.28. The van der Waals surface area contributed by atoms with Crippen molar-refractivity contribution in [2.45, 2.75) is 46.2 Å². The maximum atomic E-state index is 4.73. The fourth-order valence-corrected chi connectivity index (χ4v) is 3.06. The third-order valence-corrected chi connectivity index (χ3v) is 4.43. The van der Waals surface area contributed by atoms with E-state index in [-0.39, 0.29) is 5.54 Å². The van der Waals surface area contributed by atoms with Gasteiger partial charge in [-0.05, 0) is 55.3 Å². The molecular formula is C15H20BrN3S. The second-order valence-electron chi connectivity index (χ2n) is 5.71. The van der Waals surface area contributed by atoms with Gasteiger partial charge in [-0.15, -0.1) is 11.3 Å². The van der Waals surface area contributed by atoms with Crippen molar-refractivity contribution in [3.05, 3.63) is 33.4 Å². The molecule has 0 bridgehead atoms. The van der Waals surface area contributed by atoms with Gasteiger partial charge in [-0.2, -0.15) is 0 Å². The lowest BCUT2D eigenvalue weighted by atomic mass is 10.1. The van der Waals surface area contributed by atoms with Gasteiger partial charge in [0.15, 0.2) is 0 Å². The van der Waals surface area contributed by atoms with Crippen LogP contribution in [-0.2, 0) is 13.0 Å². The fraction of sp³-hybridized carbons (Fsp3) is 0.467. The summed E-state index contributed by atoms with van der Waals surface area (Å²) in [5, 5.41) is 4.53. The lowest BCUT2D eigenvalue weighted by Gasteiger charge is -2.20. The average Bonchev–Trinajstić information content (AvgIpc) is 2.79. The zero-order valence-electron chi connectivity index (χ0n) is 12.3. The number of rotatable bonds is 4. The zero-order chi connectivity index (χ0) is 14.8.